The van der Waals surface area contributed by atoms with Gasteiger partial charge in [-0.15, -0.1) is 0 Å². The highest BCUT2D eigenvalue weighted by Gasteiger charge is 2.29. The predicted molar refractivity (Wildman–Crippen MR) is 73.3 cm³/mol. The summed E-state index contributed by atoms with van der Waals surface area (Å²) < 4.78 is 13.3. The lowest BCUT2D eigenvalue weighted by Gasteiger charge is -2.45. The van der Waals surface area contributed by atoms with Crippen LogP contribution >= 0.6 is 0 Å². The van der Waals surface area contributed by atoms with Crippen molar-refractivity contribution in [2.24, 2.45) is 5.73 Å². The van der Waals surface area contributed by atoms with Crippen molar-refractivity contribution in [1.82, 2.24) is 4.90 Å². The molecular formula is C14H22FN3. The average molecular weight is 251 g/mol. The number of rotatable bonds is 3. The number of piperazine rings is 1. The van der Waals surface area contributed by atoms with Crippen molar-refractivity contribution < 1.29 is 4.39 Å². The number of anilines is 1. The minimum absolute atomic E-state index is 0.175. The second-order valence-corrected chi connectivity index (χ2v) is 5.15. The van der Waals surface area contributed by atoms with Gasteiger partial charge in [-0.1, -0.05) is 6.07 Å². The highest BCUT2D eigenvalue weighted by Crippen LogP contribution is 2.24. The van der Waals surface area contributed by atoms with E-state index in [1.54, 1.807) is 12.1 Å². The van der Waals surface area contributed by atoms with Crippen molar-refractivity contribution >= 4 is 5.69 Å². The monoisotopic (exact) mass is 251 g/mol. The first-order valence-electron chi connectivity index (χ1n) is 6.54. The summed E-state index contributed by atoms with van der Waals surface area (Å²) in [5.41, 5.74) is 6.66. The van der Waals surface area contributed by atoms with Crippen LogP contribution in [0.25, 0.3) is 0 Å². The van der Waals surface area contributed by atoms with Gasteiger partial charge >= 0.3 is 0 Å². The fourth-order valence-electron chi connectivity index (χ4n) is 2.59. The largest absolute Gasteiger partial charge is 0.366 e. The standard InChI is InChI=1S/C14H22FN3/c1-11-9-18(13-5-3-4-12(15)8-13)14(6-7-16)10-17(11)2/h3-5,8,11,14H,6-7,9-10,16H2,1-2H3. The first-order chi connectivity index (χ1) is 8.61. The molecule has 1 saturated heterocycles. The van der Waals surface area contributed by atoms with Crippen molar-refractivity contribution in [3.8, 4) is 0 Å². The van der Waals surface area contributed by atoms with E-state index in [0.717, 1.165) is 25.2 Å². The summed E-state index contributed by atoms with van der Waals surface area (Å²) in [6, 6.07) is 7.70. The molecule has 2 atom stereocenters. The van der Waals surface area contributed by atoms with Gasteiger partial charge < -0.3 is 10.6 Å². The van der Waals surface area contributed by atoms with E-state index in [1.165, 1.54) is 6.07 Å². The summed E-state index contributed by atoms with van der Waals surface area (Å²) in [4.78, 5) is 4.64. The normalized spacial score (nSPS) is 25.4. The van der Waals surface area contributed by atoms with Gasteiger partial charge in [-0.05, 0) is 45.1 Å². The molecule has 1 aromatic carbocycles. The molecule has 0 aromatic heterocycles. The Morgan fingerprint density at radius 2 is 2.17 bits per heavy atom. The van der Waals surface area contributed by atoms with E-state index >= 15 is 0 Å². The molecule has 1 aliphatic rings. The summed E-state index contributed by atoms with van der Waals surface area (Å²) in [6.07, 6.45) is 0.938. The third kappa shape index (κ3) is 2.82. The first kappa shape index (κ1) is 13.3. The Bertz CT molecular complexity index is 396. The predicted octanol–water partition coefficient (Wildman–Crippen LogP) is 1.68. The lowest BCUT2D eigenvalue weighted by molar-refractivity contribution is 0.196. The maximum absolute atomic E-state index is 13.3. The topological polar surface area (TPSA) is 32.5 Å². The molecule has 1 heterocycles. The summed E-state index contributed by atoms with van der Waals surface area (Å²) >= 11 is 0. The zero-order chi connectivity index (χ0) is 13.1. The number of hydrogen-bond donors (Lipinski definition) is 1. The number of nitrogens with zero attached hydrogens (tertiary/aromatic N) is 2. The summed E-state index contributed by atoms with van der Waals surface area (Å²) in [5.74, 6) is -0.175. The SMILES string of the molecule is CC1CN(c2cccc(F)c2)C(CCN)CN1C. The maximum Gasteiger partial charge on any atom is 0.125 e. The third-order valence-corrected chi connectivity index (χ3v) is 3.79. The number of halogens is 1. The van der Waals surface area contributed by atoms with Gasteiger partial charge in [-0.25, -0.2) is 4.39 Å². The highest BCUT2D eigenvalue weighted by atomic mass is 19.1. The lowest BCUT2D eigenvalue weighted by atomic mass is 10.0. The van der Waals surface area contributed by atoms with E-state index < -0.39 is 0 Å². The van der Waals surface area contributed by atoms with Gasteiger partial charge in [0.1, 0.15) is 5.82 Å². The Morgan fingerprint density at radius 1 is 1.39 bits per heavy atom. The molecule has 1 fully saturated rings. The molecule has 18 heavy (non-hydrogen) atoms. The zero-order valence-corrected chi connectivity index (χ0v) is 11.1. The van der Waals surface area contributed by atoms with Crippen LogP contribution in [0.2, 0.25) is 0 Å². The van der Waals surface area contributed by atoms with Gasteiger partial charge in [0, 0.05) is 30.9 Å². The van der Waals surface area contributed by atoms with Gasteiger partial charge in [0.25, 0.3) is 0 Å². The molecule has 2 N–H and O–H groups in total. The van der Waals surface area contributed by atoms with E-state index in [4.69, 9.17) is 5.73 Å². The molecule has 2 unspecified atom stereocenters. The van der Waals surface area contributed by atoms with Crippen LogP contribution in [0.5, 0.6) is 0 Å². The molecule has 0 spiro atoms. The quantitative estimate of drug-likeness (QED) is 0.887. The van der Waals surface area contributed by atoms with Crippen LogP contribution in [0.15, 0.2) is 24.3 Å². The molecule has 3 nitrogen and oxygen atoms in total. The number of hydrogen-bond acceptors (Lipinski definition) is 3. The molecule has 4 heteroatoms. The molecular weight excluding hydrogens is 229 g/mol. The van der Waals surface area contributed by atoms with Crippen LogP contribution in [-0.2, 0) is 0 Å². The highest BCUT2D eigenvalue weighted by molar-refractivity contribution is 5.48. The molecule has 1 aromatic rings. The molecule has 0 amide bonds. The van der Waals surface area contributed by atoms with Crippen molar-refractivity contribution in [1.29, 1.82) is 0 Å². The third-order valence-electron chi connectivity index (χ3n) is 3.79. The van der Waals surface area contributed by atoms with Gasteiger partial charge in [0.2, 0.25) is 0 Å². The van der Waals surface area contributed by atoms with Gasteiger partial charge in [0.15, 0.2) is 0 Å². The molecule has 0 saturated carbocycles. The maximum atomic E-state index is 13.3. The Kier molecular flexibility index (Phi) is 4.19. The minimum atomic E-state index is -0.175. The van der Waals surface area contributed by atoms with E-state index in [1.807, 2.05) is 6.07 Å². The fourth-order valence-corrected chi connectivity index (χ4v) is 2.59. The second kappa shape index (κ2) is 5.67. The molecule has 0 radical (unpaired) electrons. The summed E-state index contributed by atoms with van der Waals surface area (Å²) in [5, 5.41) is 0. The number of likely N-dealkylation sites (N-methyl/N-ethyl adjacent to an activating group) is 1. The molecule has 0 bridgehead atoms. The van der Waals surface area contributed by atoms with Gasteiger partial charge in [-0.3, -0.25) is 4.90 Å². The van der Waals surface area contributed by atoms with Crippen LogP contribution in [0.1, 0.15) is 13.3 Å². The second-order valence-electron chi connectivity index (χ2n) is 5.15. The van der Waals surface area contributed by atoms with Crippen LogP contribution in [0.4, 0.5) is 10.1 Å². The molecule has 2 rings (SSSR count). The van der Waals surface area contributed by atoms with Crippen LogP contribution in [0, 0.1) is 5.82 Å². The van der Waals surface area contributed by atoms with Crippen molar-refractivity contribution in [3.63, 3.8) is 0 Å². The van der Waals surface area contributed by atoms with Crippen molar-refractivity contribution in [3.05, 3.63) is 30.1 Å². The average Bonchev–Trinajstić information content (AvgIpc) is 2.34. The molecule has 1 aliphatic heterocycles. The van der Waals surface area contributed by atoms with Crippen LogP contribution < -0.4 is 10.6 Å². The Morgan fingerprint density at radius 3 is 2.83 bits per heavy atom. The summed E-state index contributed by atoms with van der Waals surface area (Å²) in [6.45, 7) is 4.77. The van der Waals surface area contributed by atoms with E-state index in [9.17, 15) is 4.39 Å². The smallest absolute Gasteiger partial charge is 0.125 e. The lowest BCUT2D eigenvalue weighted by Crippen LogP contribution is -2.56. The fraction of sp³-hybridized carbons (Fsp3) is 0.571. The van der Waals surface area contributed by atoms with Gasteiger partial charge in [-0.2, -0.15) is 0 Å². The van der Waals surface area contributed by atoms with Crippen LogP contribution in [0.3, 0.4) is 0 Å². The van der Waals surface area contributed by atoms with E-state index in [-0.39, 0.29) is 5.82 Å². The van der Waals surface area contributed by atoms with E-state index in [0.29, 0.717) is 18.6 Å². The van der Waals surface area contributed by atoms with Crippen molar-refractivity contribution in [2.75, 3.05) is 31.6 Å². The Labute approximate surface area is 108 Å². The first-order valence-corrected chi connectivity index (χ1v) is 6.54. The Balaban J connectivity index is 2.22. The number of benzene rings is 1. The van der Waals surface area contributed by atoms with Gasteiger partial charge in [0.05, 0.1) is 0 Å². The minimum Gasteiger partial charge on any atom is -0.366 e. The Hall–Kier alpha value is -1.13. The van der Waals surface area contributed by atoms with Crippen molar-refractivity contribution in [2.45, 2.75) is 25.4 Å². The number of nitrogens with two attached hydrogens (primary N) is 1. The molecule has 0 aliphatic carbocycles. The summed E-state index contributed by atoms with van der Waals surface area (Å²) in [7, 11) is 2.14. The van der Waals surface area contributed by atoms with E-state index in [2.05, 4.69) is 23.8 Å². The molecule has 100 valence electrons. The zero-order valence-electron chi connectivity index (χ0n) is 11.1. The van der Waals surface area contributed by atoms with Crippen LogP contribution in [-0.4, -0.2) is 43.7 Å².